The van der Waals surface area contributed by atoms with Gasteiger partial charge in [-0.2, -0.15) is 4.68 Å². The Bertz CT molecular complexity index is 996. The molecule has 1 amide bonds. The van der Waals surface area contributed by atoms with Gasteiger partial charge in [0.1, 0.15) is 11.8 Å². The maximum absolute atomic E-state index is 13.1. The minimum atomic E-state index is -0.473. The molecule has 0 spiro atoms. The van der Waals surface area contributed by atoms with Crippen molar-refractivity contribution >= 4 is 17.5 Å². The van der Waals surface area contributed by atoms with Crippen LogP contribution < -0.4 is 15.4 Å². The van der Waals surface area contributed by atoms with Gasteiger partial charge in [-0.25, -0.2) is 0 Å². The first-order chi connectivity index (χ1) is 13.2. The Morgan fingerprint density at radius 1 is 1.26 bits per heavy atom. The van der Waals surface area contributed by atoms with Gasteiger partial charge in [0.15, 0.2) is 0 Å². The van der Waals surface area contributed by atoms with Crippen LogP contribution in [0, 0.1) is 0 Å². The number of methoxy groups -OCH3 is 1. The number of hydrogen-bond donors (Lipinski definition) is 2. The first kappa shape index (κ1) is 16.7. The predicted octanol–water partition coefficient (Wildman–Crippen LogP) is 2.00. The number of amides is 1. The number of carbonyl (C=O) groups excluding carboxylic acids is 1. The summed E-state index contributed by atoms with van der Waals surface area (Å²) < 4.78 is 6.82. The maximum Gasteiger partial charge on any atom is 0.255 e. The van der Waals surface area contributed by atoms with Crippen molar-refractivity contribution in [1.29, 1.82) is 0 Å². The largest absolute Gasteiger partial charge is 0.497 e. The zero-order valence-electron chi connectivity index (χ0n) is 14.7. The molecule has 0 radical (unpaired) electrons. The van der Waals surface area contributed by atoms with E-state index in [0.717, 1.165) is 11.3 Å². The Morgan fingerprint density at radius 2 is 2.07 bits per heavy atom. The lowest BCUT2D eigenvalue weighted by Crippen LogP contribution is -2.31. The Morgan fingerprint density at radius 3 is 2.78 bits per heavy atom. The highest BCUT2D eigenvalue weighted by Crippen LogP contribution is 2.35. The highest BCUT2D eigenvalue weighted by molar-refractivity contribution is 6.05. The molecular weight excluding hydrogens is 346 g/mol. The standard InChI is InChI=1S/C18H17N7O2/c1-11-15(17(26)21-13-4-3-9-19-10-13)16(25-18(20-11)22-23-24-25)12-5-7-14(27-2)8-6-12/h3-10,16H,1-2H3,(H,21,26)(H,20,22,24)/t16-/m1/s1. The van der Waals surface area contributed by atoms with Gasteiger partial charge in [-0.3, -0.25) is 9.78 Å². The molecule has 2 N–H and O–H groups in total. The average molecular weight is 363 g/mol. The lowest BCUT2D eigenvalue weighted by atomic mass is 9.95. The van der Waals surface area contributed by atoms with Gasteiger partial charge in [0.05, 0.1) is 24.6 Å². The van der Waals surface area contributed by atoms with Crippen LogP contribution in [-0.2, 0) is 4.79 Å². The van der Waals surface area contributed by atoms with E-state index in [-0.39, 0.29) is 5.91 Å². The molecule has 0 saturated carbocycles. The molecule has 0 aliphatic carbocycles. The minimum Gasteiger partial charge on any atom is -0.497 e. The summed E-state index contributed by atoms with van der Waals surface area (Å²) in [5.41, 5.74) is 2.67. The van der Waals surface area contributed by atoms with Crippen LogP contribution >= 0.6 is 0 Å². The van der Waals surface area contributed by atoms with E-state index >= 15 is 0 Å². The third-order valence-corrected chi connectivity index (χ3v) is 4.31. The number of nitrogens with zero attached hydrogens (tertiary/aromatic N) is 5. The monoisotopic (exact) mass is 363 g/mol. The first-order valence-electron chi connectivity index (χ1n) is 8.28. The summed E-state index contributed by atoms with van der Waals surface area (Å²) in [5.74, 6) is 0.952. The average Bonchev–Trinajstić information content (AvgIpc) is 3.15. The molecule has 3 aromatic rings. The van der Waals surface area contributed by atoms with Crippen LogP contribution in [-0.4, -0.2) is 38.2 Å². The van der Waals surface area contributed by atoms with E-state index in [1.54, 1.807) is 36.3 Å². The SMILES string of the molecule is COc1ccc([C@@H]2C(C(=O)Nc3cccnc3)=C(C)Nc3nnnn32)cc1. The third kappa shape index (κ3) is 3.10. The van der Waals surface area contributed by atoms with Crippen LogP contribution in [0.15, 0.2) is 60.1 Å². The molecule has 1 aliphatic heterocycles. The Hall–Kier alpha value is -3.75. The Labute approximate surface area is 155 Å². The third-order valence-electron chi connectivity index (χ3n) is 4.31. The molecule has 2 aromatic heterocycles. The fraction of sp³-hybridized carbons (Fsp3) is 0.167. The zero-order chi connectivity index (χ0) is 18.8. The van der Waals surface area contributed by atoms with Crippen LogP contribution in [0.4, 0.5) is 11.6 Å². The van der Waals surface area contributed by atoms with Crippen molar-refractivity contribution in [3.05, 3.63) is 65.6 Å². The van der Waals surface area contributed by atoms with E-state index in [0.29, 0.717) is 22.9 Å². The van der Waals surface area contributed by atoms with Gasteiger partial charge < -0.3 is 15.4 Å². The molecule has 1 aliphatic rings. The fourth-order valence-corrected chi connectivity index (χ4v) is 3.04. The van der Waals surface area contributed by atoms with Crippen molar-refractivity contribution in [3.8, 4) is 5.75 Å². The van der Waals surface area contributed by atoms with Gasteiger partial charge in [-0.05, 0) is 47.2 Å². The normalized spacial score (nSPS) is 15.7. The van der Waals surface area contributed by atoms with Crippen LogP contribution in [0.3, 0.4) is 0 Å². The maximum atomic E-state index is 13.1. The summed E-state index contributed by atoms with van der Waals surface area (Å²) in [6.07, 6.45) is 3.24. The van der Waals surface area contributed by atoms with Crippen molar-refractivity contribution in [1.82, 2.24) is 25.2 Å². The number of benzene rings is 1. The van der Waals surface area contributed by atoms with E-state index in [1.165, 1.54) is 0 Å². The van der Waals surface area contributed by atoms with E-state index in [9.17, 15) is 4.79 Å². The number of hydrogen-bond acceptors (Lipinski definition) is 7. The Kier molecular flexibility index (Phi) is 4.25. The summed E-state index contributed by atoms with van der Waals surface area (Å²) in [5, 5.41) is 17.7. The lowest BCUT2D eigenvalue weighted by molar-refractivity contribution is -0.113. The molecule has 0 saturated heterocycles. The molecule has 0 bridgehead atoms. The number of allylic oxidation sites excluding steroid dienone is 1. The fourth-order valence-electron chi connectivity index (χ4n) is 3.04. The van der Waals surface area contributed by atoms with Gasteiger partial charge >= 0.3 is 0 Å². The van der Waals surface area contributed by atoms with E-state index in [2.05, 4.69) is 31.1 Å². The van der Waals surface area contributed by atoms with Gasteiger partial charge in [-0.15, -0.1) is 0 Å². The van der Waals surface area contributed by atoms with Crippen molar-refractivity contribution in [2.45, 2.75) is 13.0 Å². The molecule has 9 nitrogen and oxygen atoms in total. The summed E-state index contributed by atoms with van der Waals surface area (Å²) in [7, 11) is 1.61. The van der Waals surface area contributed by atoms with Crippen molar-refractivity contribution in [2.75, 3.05) is 17.7 Å². The second kappa shape index (κ2) is 6.87. The Balaban J connectivity index is 1.75. The predicted molar refractivity (Wildman–Crippen MR) is 98.1 cm³/mol. The molecule has 4 rings (SSSR count). The second-order valence-corrected chi connectivity index (χ2v) is 5.98. The number of pyridine rings is 1. The molecule has 136 valence electrons. The second-order valence-electron chi connectivity index (χ2n) is 5.98. The van der Waals surface area contributed by atoms with E-state index in [4.69, 9.17) is 4.74 Å². The molecule has 3 heterocycles. The number of ether oxygens (including phenoxy) is 1. The van der Waals surface area contributed by atoms with E-state index < -0.39 is 6.04 Å². The number of aromatic nitrogens is 5. The van der Waals surface area contributed by atoms with Crippen molar-refractivity contribution in [2.24, 2.45) is 0 Å². The van der Waals surface area contributed by atoms with Crippen LogP contribution in [0.2, 0.25) is 0 Å². The topological polar surface area (TPSA) is 107 Å². The number of nitrogens with one attached hydrogen (secondary N) is 2. The summed E-state index contributed by atoms with van der Waals surface area (Å²) in [6, 6.07) is 10.5. The summed E-state index contributed by atoms with van der Waals surface area (Å²) in [6.45, 7) is 1.83. The number of anilines is 2. The molecular formula is C18H17N7O2. The summed E-state index contributed by atoms with van der Waals surface area (Å²) >= 11 is 0. The van der Waals surface area contributed by atoms with Crippen LogP contribution in [0.1, 0.15) is 18.5 Å². The lowest BCUT2D eigenvalue weighted by Gasteiger charge is -2.28. The molecule has 1 atom stereocenters. The smallest absolute Gasteiger partial charge is 0.255 e. The molecule has 27 heavy (non-hydrogen) atoms. The van der Waals surface area contributed by atoms with Crippen molar-refractivity contribution in [3.63, 3.8) is 0 Å². The van der Waals surface area contributed by atoms with Gasteiger partial charge in [0.2, 0.25) is 5.95 Å². The summed E-state index contributed by atoms with van der Waals surface area (Å²) in [4.78, 5) is 17.1. The van der Waals surface area contributed by atoms with Crippen LogP contribution in [0.5, 0.6) is 5.75 Å². The quantitative estimate of drug-likeness (QED) is 0.730. The molecule has 9 heteroatoms. The molecule has 1 aromatic carbocycles. The van der Waals surface area contributed by atoms with Gasteiger partial charge in [-0.1, -0.05) is 17.2 Å². The van der Waals surface area contributed by atoms with E-state index in [1.807, 2.05) is 31.2 Å². The van der Waals surface area contributed by atoms with Gasteiger partial charge in [0, 0.05) is 11.9 Å². The molecule has 0 fully saturated rings. The highest BCUT2D eigenvalue weighted by Gasteiger charge is 2.34. The zero-order valence-corrected chi connectivity index (χ0v) is 14.7. The molecule has 0 unspecified atom stereocenters. The van der Waals surface area contributed by atoms with Gasteiger partial charge in [0.25, 0.3) is 5.91 Å². The number of rotatable bonds is 4. The van der Waals surface area contributed by atoms with Crippen molar-refractivity contribution < 1.29 is 9.53 Å². The minimum absolute atomic E-state index is 0.255. The first-order valence-corrected chi connectivity index (χ1v) is 8.28. The number of carbonyl (C=O) groups is 1. The number of tetrazole rings is 1. The number of fused-ring (bicyclic) bond motifs is 1. The highest BCUT2D eigenvalue weighted by atomic mass is 16.5. The van der Waals surface area contributed by atoms with Crippen LogP contribution in [0.25, 0.3) is 0 Å².